The molecule has 1 aromatic rings. The molecule has 1 heterocycles. The van der Waals surface area contributed by atoms with Gasteiger partial charge in [0.25, 0.3) is 5.91 Å². The number of aromatic amines is 1. The summed E-state index contributed by atoms with van der Waals surface area (Å²) in [5.74, 6) is 0.0145. The summed E-state index contributed by atoms with van der Waals surface area (Å²) in [4.78, 5) is 12.1. The average Bonchev–Trinajstić information content (AvgIpc) is 2.68. The van der Waals surface area contributed by atoms with Crippen LogP contribution in [0.3, 0.4) is 0 Å². The lowest BCUT2D eigenvalue weighted by Crippen LogP contribution is -2.48. The Balaban J connectivity index is 1.91. The predicted octanol–water partition coefficient (Wildman–Crippen LogP) is 1.41. The number of carbonyl (C=O) groups excluding carboxylic acids is 1. The Morgan fingerprint density at radius 2 is 2.26 bits per heavy atom. The second-order valence-electron chi connectivity index (χ2n) is 5.27. The number of nitrogens with zero attached hydrogens (tertiary/aromatic N) is 1. The molecule has 1 fully saturated rings. The number of H-pyrrole nitrogens is 1. The van der Waals surface area contributed by atoms with Gasteiger partial charge >= 0.3 is 0 Å². The minimum Gasteiger partial charge on any atom is -0.395 e. The fourth-order valence-electron chi connectivity index (χ4n) is 2.29. The Morgan fingerprint density at radius 1 is 1.58 bits per heavy atom. The molecule has 1 aliphatic carbocycles. The molecule has 106 valence electrons. The average molecular weight is 266 g/mol. The van der Waals surface area contributed by atoms with E-state index < -0.39 is 0 Å². The Labute approximate surface area is 113 Å². The molecule has 0 unspecified atom stereocenters. The summed E-state index contributed by atoms with van der Waals surface area (Å²) >= 11 is 0. The highest BCUT2D eigenvalue weighted by Gasteiger charge is 2.32. The van der Waals surface area contributed by atoms with E-state index in [0.717, 1.165) is 25.1 Å². The zero-order valence-electron chi connectivity index (χ0n) is 11.7. The third-order valence-electron chi connectivity index (χ3n) is 3.46. The highest BCUT2D eigenvalue weighted by molar-refractivity contribution is 5.97. The molecule has 19 heavy (non-hydrogen) atoms. The van der Waals surface area contributed by atoms with Crippen LogP contribution in [0.5, 0.6) is 0 Å². The van der Waals surface area contributed by atoms with E-state index in [4.69, 9.17) is 10.5 Å². The van der Waals surface area contributed by atoms with Crippen LogP contribution >= 0.6 is 0 Å². The smallest absolute Gasteiger partial charge is 0.274 e. The highest BCUT2D eigenvalue weighted by Crippen LogP contribution is 2.25. The Hall–Kier alpha value is -1.56. The number of hydrogen-bond donors (Lipinski definition) is 3. The van der Waals surface area contributed by atoms with Crippen LogP contribution in [-0.4, -0.2) is 34.9 Å². The van der Waals surface area contributed by atoms with Crippen LogP contribution in [0, 0.1) is 0 Å². The molecule has 1 aliphatic rings. The third kappa shape index (κ3) is 2.89. The highest BCUT2D eigenvalue weighted by atomic mass is 16.5. The van der Waals surface area contributed by atoms with Crippen molar-refractivity contribution in [3.8, 4) is 0 Å². The van der Waals surface area contributed by atoms with Gasteiger partial charge in [-0.2, -0.15) is 5.10 Å². The lowest BCUT2D eigenvalue weighted by Gasteiger charge is -2.35. The van der Waals surface area contributed by atoms with Crippen molar-refractivity contribution < 1.29 is 9.53 Å². The first-order valence-corrected chi connectivity index (χ1v) is 6.79. The largest absolute Gasteiger partial charge is 0.395 e. The molecular weight excluding hydrogens is 244 g/mol. The summed E-state index contributed by atoms with van der Waals surface area (Å²) < 4.78 is 5.46. The second-order valence-corrected chi connectivity index (χ2v) is 5.27. The van der Waals surface area contributed by atoms with E-state index in [1.807, 2.05) is 20.8 Å². The molecule has 2 rings (SSSR count). The molecule has 0 saturated heterocycles. The lowest BCUT2D eigenvalue weighted by atomic mass is 9.89. The molecule has 1 saturated carbocycles. The van der Waals surface area contributed by atoms with Crippen LogP contribution in [0.15, 0.2) is 0 Å². The normalized spacial score (nSPS) is 22.3. The van der Waals surface area contributed by atoms with Gasteiger partial charge < -0.3 is 15.8 Å². The predicted molar refractivity (Wildman–Crippen MR) is 73.0 cm³/mol. The lowest BCUT2D eigenvalue weighted by molar-refractivity contribution is -0.00866. The van der Waals surface area contributed by atoms with Crippen molar-refractivity contribution in [2.24, 2.45) is 0 Å². The summed E-state index contributed by atoms with van der Waals surface area (Å²) in [5, 5.41) is 9.78. The van der Waals surface area contributed by atoms with Crippen molar-refractivity contribution in [3.63, 3.8) is 0 Å². The first-order chi connectivity index (χ1) is 9.02. The zero-order chi connectivity index (χ0) is 14.0. The van der Waals surface area contributed by atoms with Crippen LogP contribution in [0.4, 0.5) is 5.69 Å². The molecular formula is C13H22N4O2. The molecule has 4 N–H and O–H groups in total. The molecule has 6 nitrogen and oxygen atoms in total. The number of carbonyl (C=O) groups is 1. The Kier molecular flexibility index (Phi) is 4.09. The molecule has 0 radical (unpaired) electrons. The van der Waals surface area contributed by atoms with Crippen molar-refractivity contribution in [2.75, 3.05) is 12.3 Å². The zero-order valence-corrected chi connectivity index (χ0v) is 11.7. The first-order valence-electron chi connectivity index (χ1n) is 6.79. The number of aromatic nitrogens is 2. The SMILES string of the molecule is CCOC1CC(NC(=O)c2n[nH]c(C(C)C)c2N)C1. The van der Waals surface area contributed by atoms with Gasteiger partial charge in [-0.1, -0.05) is 13.8 Å². The monoisotopic (exact) mass is 266 g/mol. The number of rotatable bonds is 5. The molecule has 0 bridgehead atoms. The fraction of sp³-hybridized carbons (Fsp3) is 0.692. The van der Waals surface area contributed by atoms with E-state index in [2.05, 4.69) is 15.5 Å². The molecule has 6 heteroatoms. The first kappa shape index (κ1) is 13.9. The van der Waals surface area contributed by atoms with E-state index in [-0.39, 0.29) is 24.0 Å². The van der Waals surface area contributed by atoms with Gasteiger partial charge in [0.05, 0.1) is 17.5 Å². The number of anilines is 1. The van der Waals surface area contributed by atoms with Gasteiger partial charge in [0.2, 0.25) is 0 Å². The minimum absolute atomic E-state index is 0.169. The van der Waals surface area contributed by atoms with Crippen LogP contribution in [0.2, 0.25) is 0 Å². The van der Waals surface area contributed by atoms with Crippen molar-refractivity contribution in [3.05, 3.63) is 11.4 Å². The van der Waals surface area contributed by atoms with E-state index >= 15 is 0 Å². The number of amides is 1. The maximum absolute atomic E-state index is 12.1. The van der Waals surface area contributed by atoms with Crippen molar-refractivity contribution in [1.82, 2.24) is 15.5 Å². The fourth-order valence-corrected chi connectivity index (χ4v) is 2.29. The molecule has 0 aromatic carbocycles. The van der Waals surface area contributed by atoms with Crippen LogP contribution < -0.4 is 11.1 Å². The summed E-state index contributed by atoms with van der Waals surface area (Å²) in [6.07, 6.45) is 2.00. The summed E-state index contributed by atoms with van der Waals surface area (Å²) in [6, 6.07) is 0.169. The minimum atomic E-state index is -0.208. The van der Waals surface area contributed by atoms with Crippen molar-refractivity contribution in [1.29, 1.82) is 0 Å². The standard InChI is InChI=1S/C13H22N4O2/c1-4-19-9-5-8(6-9)15-13(18)12-10(14)11(7(2)3)16-17-12/h7-9H,4-6,14H2,1-3H3,(H,15,18)(H,16,17). The third-order valence-corrected chi connectivity index (χ3v) is 3.46. The molecule has 0 aliphatic heterocycles. The van der Waals surface area contributed by atoms with Gasteiger partial charge in [-0.15, -0.1) is 0 Å². The van der Waals surface area contributed by atoms with Gasteiger partial charge in [-0.05, 0) is 25.7 Å². The molecule has 1 amide bonds. The quantitative estimate of drug-likeness (QED) is 0.751. The van der Waals surface area contributed by atoms with Gasteiger partial charge in [-0.3, -0.25) is 9.89 Å². The summed E-state index contributed by atoms with van der Waals surface area (Å²) in [6.45, 7) is 6.70. The maximum atomic E-state index is 12.1. The number of hydrogen-bond acceptors (Lipinski definition) is 4. The number of ether oxygens (including phenoxy) is 1. The molecule has 0 spiro atoms. The van der Waals surface area contributed by atoms with Gasteiger partial charge in [0.15, 0.2) is 5.69 Å². The van der Waals surface area contributed by atoms with Crippen LogP contribution in [-0.2, 0) is 4.74 Å². The second kappa shape index (κ2) is 5.61. The summed E-state index contributed by atoms with van der Waals surface area (Å²) in [7, 11) is 0. The number of nitrogens with one attached hydrogen (secondary N) is 2. The molecule has 0 atom stereocenters. The van der Waals surface area contributed by atoms with E-state index in [1.54, 1.807) is 0 Å². The Bertz CT molecular complexity index is 449. The summed E-state index contributed by atoms with van der Waals surface area (Å²) in [5.41, 5.74) is 7.49. The number of nitrogens with two attached hydrogens (primary N) is 1. The van der Waals surface area contributed by atoms with E-state index in [0.29, 0.717) is 11.4 Å². The van der Waals surface area contributed by atoms with E-state index in [9.17, 15) is 4.79 Å². The van der Waals surface area contributed by atoms with Gasteiger partial charge in [0.1, 0.15) is 0 Å². The topological polar surface area (TPSA) is 93.0 Å². The van der Waals surface area contributed by atoms with E-state index in [1.165, 1.54) is 0 Å². The molecule has 1 aromatic heterocycles. The van der Waals surface area contributed by atoms with Crippen molar-refractivity contribution >= 4 is 11.6 Å². The Morgan fingerprint density at radius 3 is 2.79 bits per heavy atom. The number of nitrogen functional groups attached to an aromatic ring is 1. The van der Waals surface area contributed by atoms with Gasteiger partial charge in [-0.25, -0.2) is 0 Å². The van der Waals surface area contributed by atoms with Crippen LogP contribution in [0.1, 0.15) is 55.7 Å². The van der Waals surface area contributed by atoms with Crippen molar-refractivity contribution in [2.45, 2.75) is 51.7 Å². The maximum Gasteiger partial charge on any atom is 0.274 e. The van der Waals surface area contributed by atoms with Gasteiger partial charge in [0, 0.05) is 12.6 Å². The van der Waals surface area contributed by atoms with Crippen LogP contribution in [0.25, 0.3) is 0 Å².